The van der Waals surface area contributed by atoms with Crippen LogP contribution in [0.25, 0.3) is 11.5 Å². The molecule has 1 aliphatic rings. The average molecular weight is 302 g/mol. The van der Waals surface area contributed by atoms with Gasteiger partial charge in [-0.15, -0.1) is 0 Å². The fourth-order valence-electron chi connectivity index (χ4n) is 2.69. The lowest BCUT2D eigenvalue weighted by atomic mass is 9.98. The lowest BCUT2D eigenvalue weighted by molar-refractivity contribution is -0.141. The summed E-state index contributed by atoms with van der Waals surface area (Å²) < 4.78 is 5.30. The van der Waals surface area contributed by atoms with E-state index in [-0.39, 0.29) is 5.92 Å². The van der Waals surface area contributed by atoms with E-state index < -0.39 is 5.97 Å². The van der Waals surface area contributed by atoms with Gasteiger partial charge in [0, 0.05) is 25.7 Å². The van der Waals surface area contributed by atoms with Crippen LogP contribution in [0.5, 0.6) is 0 Å². The third-order valence-electron chi connectivity index (χ3n) is 3.87. The van der Waals surface area contributed by atoms with Gasteiger partial charge < -0.3 is 14.5 Å². The molecule has 1 fully saturated rings. The van der Waals surface area contributed by atoms with E-state index in [4.69, 9.17) is 4.52 Å². The van der Waals surface area contributed by atoms with Gasteiger partial charge in [0.15, 0.2) is 5.82 Å². The van der Waals surface area contributed by atoms with Gasteiger partial charge in [0.1, 0.15) is 5.82 Å². The minimum atomic E-state index is -0.756. The van der Waals surface area contributed by atoms with Gasteiger partial charge in [-0.1, -0.05) is 12.1 Å². The van der Waals surface area contributed by atoms with Crippen LogP contribution in [0.4, 0.5) is 5.82 Å². The van der Waals surface area contributed by atoms with Crippen molar-refractivity contribution in [2.24, 2.45) is 5.92 Å². The molecule has 22 heavy (non-hydrogen) atoms. The van der Waals surface area contributed by atoms with E-state index in [1.807, 2.05) is 24.0 Å². The molecule has 1 atom stereocenters. The summed E-state index contributed by atoms with van der Waals surface area (Å²) in [6.07, 6.45) is 3.93. The molecule has 0 spiro atoms. The second kappa shape index (κ2) is 6.13. The Labute approximate surface area is 128 Å². The Morgan fingerprint density at radius 1 is 1.55 bits per heavy atom. The number of carboxylic acids is 1. The average Bonchev–Trinajstić information content (AvgIpc) is 3.04. The van der Waals surface area contributed by atoms with Crippen LogP contribution in [0, 0.1) is 5.92 Å². The van der Waals surface area contributed by atoms with E-state index in [9.17, 15) is 9.90 Å². The zero-order valence-electron chi connectivity index (χ0n) is 12.4. The maximum atomic E-state index is 11.2. The highest BCUT2D eigenvalue weighted by atomic mass is 16.5. The van der Waals surface area contributed by atoms with E-state index >= 15 is 0 Å². The lowest BCUT2D eigenvalue weighted by Crippen LogP contribution is -2.39. The highest BCUT2D eigenvalue weighted by molar-refractivity contribution is 5.73. The summed E-state index contributed by atoms with van der Waals surface area (Å²) in [7, 11) is 0. The summed E-state index contributed by atoms with van der Waals surface area (Å²) in [6, 6.07) is 3.69. The Balaban J connectivity index is 1.92. The number of aliphatic carboxylic acids is 1. The summed E-state index contributed by atoms with van der Waals surface area (Å²) in [6.45, 7) is 3.19. The van der Waals surface area contributed by atoms with Crippen molar-refractivity contribution in [1.82, 2.24) is 15.1 Å². The van der Waals surface area contributed by atoms with Gasteiger partial charge in [-0.05, 0) is 25.0 Å². The summed E-state index contributed by atoms with van der Waals surface area (Å²) in [5, 5.41) is 13.2. The molecule has 7 nitrogen and oxygen atoms in total. The highest BCUT2D eigenvalue weighted by Gasteiger charge is 2.28. The molecule has 116 valence electrons. The largest absolute Gasteiger partial charge is 0.481 e. The predicted octanol–water partition coefficient (Wildman–Crippen LogP) is 1.99. The molecule has 1 aliphatic heterocycles. The molecule has 0 amide bonds. The van der Waals surface area contributed by atoms with Crippen molar-refractivity contribution in [2.45, 2.75) is 26.2 Å². The summed E-state index contributed by atoms with van der Waals surface area (Å²) in [4.78, 5) is 22.0. The summed E-state index contributed by atoms with van der Waals surface area (Å²) in [5.74, 6) is 0.662. The van der Waals surface area contributed by atoms with Crippen molar-refractivity contribution in [1.29, 1.82) is 0 Å². The Hall–Kier alpha value is -2.44. The van der Waals surface area contributed by atoms with E-state index in [2.05, 4.69) is 15.1 Å². The van der Waals surface area contributed by atoms with Crippen molar-refractivity contribution in [2.75, 3.05) is 18.0 Å². The smallest absolute Gasteiger partial charge is 0.308 e. The number of rotatable bonds is 4. The maximum Gasteiger partial charge on any atom is 0.308 e. The number of aromatic nitrogens is 3. The van der Waals surface area contributed by atoms with Gasteiger partial charge in [-0.25, -0.2) is 4.98 Å². The van der Waals surface area contributed by atoms with Gasteiger partial charge in [0.25, 0.3) is 5.89 Å². The number of anilines is 1. The number of hydrogen-bond donors (Lipinski definition) is 1. The number of carbonyl (C=O) groups is 1. The van der Waals surface area contributed by atoms with Crippen LogP contribution < -0.4 is 4.90 Å². The van der Waals surface area contributed by atoms with E-state index in [0.29, 0.717) is 36.9 Å². The second-order valence-electron chi connectivity index (χ2n) is 5.37. The summed E-state index contributed by atoms with van der Waals surface area (Å²) in [5.41, 5.74) is 0.751. The van der Waals surface area contributed by atoms with Crippen LogP contribution >= 0.6 is 0 Å². The van der Waals surface area contributed by atoms with Crippen molar-refractivity contribution < 1.29 is 14.4 Å². The fraction of sp³-hybridized carbons (Fsp3) is 0.467. The molecular weight excluding hydrogens is 284 g/mol. The Bertz CT molecular complexity index is 670. The molecule has 0 radical (unpaired) electrons. The van der Waals surface area contributed by atoms with Gasteiger partial charge >= 0.3 is 5.97 Å². The van der Waals surface area contributed by atoms with E-state index in [0.717, 1.165) is 18.5 Å². The molecule has 3 rings (SSSR count). The first kappa shape index (κ1) is 14.5. The minimum absolute atomic E-state index is 0.363. The lowest BCUT2D eigenvalue weighted by Gasteiger charge is -2.32. The van der Waals surface area contributed by atoms with Crippen molar-refractivity contribution in [3.8, 4) is 11.5 Å². The monoisotopic (exact) mass is 302 g/mol. The van der Waals surface area contributed by atoms with Crippen LogP contribution in [0.1, 0.15) is 25.6 Å². The number of pyridine rings is 1. The van der Waals surface area contributed by atoms with Gasteiger partial charge in [-0.2, -0.15) is 4.98 Å². The third-order valence-corrected chi connectivity index (χ3v) is 3.87. The molecule has 3 heterocycles. The SMILES string of the molecule is CCc1noc(-c2cccnc2N2CCCC(C(=O)O)C2)n1. The first-order valence-corrected chi connectivity index (χ1v) is 7.44. The number of carboxylic acid groups (broad SMARTS) is 1. The van der Waals surface area contributed by atoms with Crippen molar-refractivity contribution in [3.05, 3.63) is 24.2 Å². The summed E-state index contributed by atoms with van der Waals surface area (Å²) >= 11 is 0. The quantitative estimate of drug-likeness (QED) is 0.923. The molecule has 0 bridgehead atoms. The van der Waals surface area contributed by atoms with Crippen LogP contribution in [0.2, 0.25) is 0 Å². The number of hydrogen-bond acceptors (Lipinski definition) is 6. The molecule has 2 aromatic heterocycles. The standard InChI is InChI=1S/C15H18N4O3/c1-2-12-17-14(22-18-12)11-6-3-7-16-13(11)19-8-4-5-10(9-19)15(20)21/h3,6-7,10H,2,4-5,8-9H2,1H3,(H,20,21). The van der Waals surface area contributed by atoms with Crippen molar-refractivity contribution in [3.63, 3.8) is 0 Å². The Kier molecular flexibility index (Phi) is 4.04. The number of aryl methyl sites for hydroxylation is 1. The van der Waals surface area contributed by atoms with Crippen LogP contribution in [0.15, 0.2) is 22.9 Å². The predicted molar refractivity (Wildman–Crippen MR) is 79.5 cm³/mol. The topological polar surface area (TPSA) is 92.4 Å². The van der Waals surface area contributed by atoms with Crippen LogP contribution in [-0.4, -0.2) is 39.3 Å². The molecule has 1 N–H and O–H groups in total. The van der Waals surface area contributed by atoms with Crippen molar-refractivity contribution >= 4 is 11.8 Å². The van der Waals surface area contributed by atoms with Gasteiger partial charge in [0.05, 0.1) is 11.5 Å². The first-order chi connectivity index (χ1) is 10.7. The molecule has 0 aromatic carbocycles. The molecule has 1 saturated heterocycles. The molecule has 0 aliphatic carbocycles. The van der Waals surface area contributed by atoms with E-state index in [1.165, 1.54) is 0 Å². The second-order valence-corrected chi connectivity index (χ2v) is 5.37. The zero-order chi connectivity index (χ0) is 15.5. The van der Waals surface area contributed by atoms with Crippen LogP contribution in [0.3, 0.4) is 0 Å². The highest BCUT2D eigenvalue weighted by Crippen LogP contribution is 2.30. The fourth-order valence-corrected chi connectivity index (χ4v) is 2.69. The number of nitrogens with zero attached hydrogens (tertiary/aromatic N) is 4. The van der Waals surface area contributed by atoms with Gasteiger partial charge in [0.2, 0.25) is 0 Å². The van der Waals surface area contributed by atoms with E-state index in [1.54, 1.807) is 6.20 Å². The molecule has 1 unspecified atom stereocenters. The van der Waals surface area contributed by atoms with Gasteiger partial charge in [-0.3, -0.25) is 4.79 Å². The third kappa shape index (κ3) is 2.79. The number of piperidine rings is 1. The Morgan fingerprint density at radius 3 is 3.14 bits per heavy atom. The minimum Gasteiger partial charge on any atom is -0.481 e. The maximum absolute atomic E-state index is 11.2. The first-order valence-electron chi connectivity index (χ1n) is 7.44. The molecule has 0 saturated carbocycles. The zero-order valence-corrected chi connectivity index (χ0v) is 12.4. The molecule has 7 heteroatoms. The van der Waals surface area contributed by atoms with Crippen LogP contribution in [-0.2, 0) is 11.2 Å². The molecular formula is C15H18N4O3. The molecule has 2 aromatic rings. The Morgan fingerprint density at radius 2 is 2.41 bits per heavy atom. The normalized spacial score (nSPS) is 18.4.